The summed E-state index contributed by atoms with van der Waals surface area (Å²) in [7, 11) is 0. The van der Waals surface area contributed by atoms with E-state index in [0.717, 1.165) is 48.8 Å². The summed E-state index contributed by atoms with van der Waals surface area (Å²) in [6, 6.07) is 9.29. The van der Waals surface area contributed by atoms with Gasteiger partial charge in [0.05, 0.1) is 6.54 Å². The predicted molar refractivity (Wildman–Crippen MR) is 111 cm³/mol. The lowest BCUT2D eigenvalue weighted by molar-refractivity contribution is 0.439. The minimum Gasteiger partial charge on any atom is -0.364 e. The van der Waals surface area contributed by atoms with Crippen LogP contribution in [0.5, 0.6) is 0 Å². The molecule has 0 aliphatic carbocycles. The maximum Gasteiger partial charge on any atom is 0.185 e. The van der Waals surface area contributed by atoms with E-state index in [-0.39, 0.29) is 6.04 Å². The Labute approximate surface area is 176 Å². The van der Waals surface area contributed by atoms with Crippen LogP contribution in [0, 0.1) is 0 Å². The van der Waals surface area contributed by atoms with E-state index < -0.39 is 0 Å². The molecule has 1 aromatic carbocycles. The number of rotatable bonds is 4. The Balaban J connectivity index is 1.43. The second-order valence-electron chi connectivity index (χ2n) is 7.03. The molecule has 3 aromatic heterocycles. The molecule has 0 bridgehead atoms. The average molecular weight is 429 g/mol. The second-order valence-corrected chi connectivity index (χ2v) is 7.90. The smallest absolute Gasteiger partial charge is 0.185 e. The fourth-order valence-corrected chi connectivity index (χ4v) is 4.09. The van der Waals surface area contributed by atoms with Gasteiger partial charge in [-0.3, -0.25) is 0 Å². The molecule has 0 spiro atoms. The Bertz CT molecular complexity index is 1180. The summed E-state index contributed by atoms with van der Waals surface area (Å²) in [6.07, 6.45) is 2.71. The van der Waals surface area contributed by atoms with Crippen LogP contribution in [0.1, 0.15) is 25.0 Å². The summed E-state index contributed by atoms with van der Waals surface area (Å²) in [5.41, 5.74) is 1.41. The molecule has 0 amide bonds. The van der Waals surface area contributed by atoms with E-state index in [4.69, 9.17) is 28.3 Å². The highest BCUT2D eigenvalue weighted by molar-refractivity contribution is 6.35. The van der Waals surface area contributed by atoms with Gasteiger partial charge in [-0.05, 0) is 36.8 Å². The van der Waals surface area contributed by atoms with Crippen molar-refractivity contribution < 1.29 is 0 Å². The molecule has 0 fully saturated rings. The number of nitrogens with zero attached hydrogens (tertiary/aromatic N) is 7. The molecule has 0 saturated carbocycles. The van der Waals surface area contributed by atoms with Crippen molar-refractivity contribution in [3.05, 3.63) is 52.0 Å². The molecular formula is C19H18Cl2N8. The molecule has 29 heavy (non-hydrogen) atoms. The molecule has 1 N–H and O–H groups in total. The molecule has 1 aliphatic heterocycles. The zero-order chi connectivity index (χ0) is 20.0. The summed E-state index contributed by atoms with van der Waals surface area (Å²) in [6.45, 7) is 2.83. The van der Waals surface area contributed by atoms with E-state index >= 15 is 0 Å². The number of hydrogen-bond acceptors (Lipinski definition) is 6. The molecule has 10 heteroatoms. The van der Waals surface area contributed by atoms with Crippen LogP contribution < -0.4 is 5.32 Å². The minimum absolute atomic E-state index is 0.222. The van der Waals surface area contributed by atoms with Crippen molar-refractivity contribution in [3.8, 4) is 11.4 Å². The van der Waals surface area contributed by atoms with Crippen LogP contribution >= 0.6 is 23.2 Å². The van der Waals surface area contributed by atoms with Gasteiger partial charge in [-0.25, -0.2) is 9.67 Å². The molecule has 1 unspecified atom stereocenters. The summed E-state index contributed by atoms with van der Waals surface area (Å²) in [5, 5.41) is 22.3. The number of hydrogen-bond donors (Lipinski definition) is 1. The van der Waals surface area contributed by atoms with Crippen molar-refractivity contribution in [3.63, 3.8) is 0 Å². The van der Waals surface area contributed by atoms with E-state index in [9.17, 15) is 0 Å². The van der Waals surface area contributed by atoms with Gasteiger partial charge in [0.15, 0.2) is 17.3 Å². The van der Waals surface area contributed by atoms with Crippen molar-refractivity contribution in [2.45, 2.75) is 38.8 Å². The van der Waals surface area contributed by atoms with Crippen LogP contribution in [0.2, 0.25) is 10.0 Å². The third-order valence-electron chi connectivity index (χ3n) is 4.95. The van der Waals surface area contributed by atoms with Crippen molar-refractivity contribution >= 4 is 34.7 Å². The van der Waals surface area contributed by atoms with Crippen LogP contribution in [-0.2, 0) is 19.4 Å². The van der Waals surface area contributed by atoms with Crippen LogP contribution in [0.3, 0.4) is 0 Å². The predicted octanol–water partition coefficient (Wildman–Crippen LogP) is 3.68. The quantitative estimate of drug-likeness (QED) is 0.533. The van der Waals surface area contributed by atoms with Gasteiger partial charge in [0, 0.05) is 34.5 Å². The fourth-order valence-electron chi connectivity index (χ4n) is 3.57. The Kier molecular flexibility index (Phi) is 4.60. The van der Waals surface area contributed by atoms with Gasteiger partial charge in [-0.1, -0.05) is 30.1 Å². The van der Waals surface area contributed by atoms with E-state index in [1.807, 2.05) is 16.8 Å². The van der Waals surface area contributed by atoms with Gasteiger partial charge in [-0.2, -0.15) is 9.61 Å². The topological polar surface area (TPSA) is 85.8 Å². The lowest BCUT2D eigenvalue weighted by atomic mass is 10.1. The second kappa shape index (κ2) is 7.27. The van der Waals surface area contributed by atoms with Gasteiger partial charge in [0.1, 0.15) is 11.6 Å². The standard InChI is InChI=1S/C19H18Cl2N8/c1-2-15-23-17-5-3-14(10-28(17)26-15)22-16-4-6-18-24-25-19(29(18)27-16)11-7-12(20)9-13(21)8-11/h4,6-9,14H,2-3,5,10H2,1H3,(H,22,27). The number of nitrogens with one attached hydrogen (secondary N) is 1. The van der Waals surface area contributed by atoms with E-state index in [0.29, 0.717) is 21.5 Å². The van der Waals surface area contributed by atoms with Crippen molar-refractivity contribution in [1.82, 2.24) is 34.6 Å². The van der Waals surface area contributed by atoms with Gasteiger partial charge < -0.3 is 5.32 Å². The maximum atomic E-state index is 6.14. The molecule has 0 saturated heterocycles. The van der Waals surface area contributed by atoms with Crippen molar-refractivity contribution in [2.24, 2.45) is 0 Å². The van der Waals surface area contributed by atoms with Crippen LogP contribution in [0.4, 0.5) is 5.82 Å². The first-order valence-electron chi connectivity index (χ1n) is 9.47. The Morgan fingerprint density at radius 3 is 2.72 bits per heavy atom. The molecule has 5 rings (SSSR count). The Morgan fingerprint density at radius 1 is 1.10 bits per heavy atom. The summed E-state index contributed by atoms with van der Waals surface area (Å²) in [4.78, 5) is 4.57. The van der Waals surface area contributed by atoms with Crippen molar-refractivity contribution in [2.75, 3.05) is 5.32 Å². The number of benzene rings is 1. The maximum absolute atomic E-state index is 6.14. The van der Waals surface area contributed by atoms with E-state index in [2.05, 4.69) is 32.5 Å². The largest absolute Gasteiger partial charge is 0.364 e. The molecule has 8 nitrogen and oxygen atoms in total. The molecule has 1 atom stereocenters. The third-order valence-corrected chi connectivity index (χ3v) is 5.39. The average Bonchev–Trinajstić information content (AvgIpc) is 3.30. The summed E-state index contributed by atoms with van der Waals surface area (Å²) < 4.78 is 3.69. The van der Waals surface area contributed by atoms with E-state index in [1.54, 1.807) is 22.7 Å². The third kappa shape index (κ3) is 3.54. The first-order chi connectivity index (χ1) is 14.1. The molecule has 1 aliphatic rings. The summed E-state index contributed by atoms with van der Waals surface area (Å²) >= 11 is 12.3. The summed E-state index contributed by atoms with van der Waals surface area (Å²) in [5.74, 6) is 3.29. The van der Waals surface area contributed by atoms with Gasteiger partial charge >= 0.3 is 0 Å². The van der Waals surface area contributed by atoms with Crippen LogP contribution in [0.25, 0.3) is 17.0 Å². The number of aromatic nitrogens is 7. The highest BCUT2D eigenvalue weighted by atomic mass is 35.5. The Morgan fingerprint density at radius 2 is 1.93 bits per heavy atom. The number of aryl methyl sites for hydroxylation is 2. The zero-order valence-corrected chi connectivity index (χ0v) is 17.2. The first kappa shape index (κ1) is 18.3. The monoisotopic (exact) mass is 428 g/mol. The molecule has 148 valence electrons. The highest BCUT2D eigenvalue weighted by Gasteiger charge is 2.22. The molecule has 4 heterocycles. The molecule has 0 radical (unpaired) electrons. The lowest BCUT2D eigenvalue weighted by Gasteiger charge is -2.23. The Hall–Kier alpha value is -2.71. The van der Waals surface area contributed by atoms with Crippen LogP contribution in [-0.4, -0.2) is 40.6 Å². The van der Waals surface area contributed by atoms with Gasteiger partial charge in [0.25, 0.3) is 0 Å². The normalized spacial score (nSPS) is 16.2. The van der Waals surface area contributed by atoms with E-state index in [1.165, 1.54) is 0 Å². The zero-order valence-electron chi connectivity index (χ0n) is 15.7. The number of halogens is 2. The molecular weight excluding hydrogens is 411 g/mol. The minimum atomic E-state index is 0.222. The van der Waals surface area contributed by atoms with Gasteiger partial charge in [0.2, 0.25) is 0 Å². The fraction of sp³-hybridized carbons (Fsp3) is 0.316. The van der Waals surface area contributed by atoms with Crippen LogP contribution in [0.15, 0.2) is 30.3 Å². The van der Waals surface area contributed by atoms with Crippen molar-refractivity contribution in [1.29, 1.82) is 0 Å². The SMILES string of the molecule is CCc1nc2n(n1)CC(Nc1ccc3nnc(-c4cc(Cl)cc(Cl)c4)n3n1)CC2. The van der Waals surface area contributed by atoms with Gasteiger partial charge in [-0.15, -0.1) is 15.3 Å². The molecule has 4 aromatic rings. The number of anilines is 1. The highest BCUT2D eigenvalue weighted by Crippen LogP contribution is 2.26. The lowest BCUT2D eigenvalue weighted by Crippen LogP contribution is -2.32. The first-order valence-corrected chi connectivity index (χ1v) is 10.2. The number of fused-ring (bicyclic) bond motifs is 2.